The third-order valence-electron chi connectivity index (χ3n) is 4.36. The molecule has 0 saturated heterocycles. The second-order valence-corrected chi connectivity index (χ2v) is 7.33. The molecule has 0 aromatic heterocycles. The van der Waals surface area contributed by atoms with E-state index < -0.39 is 0 Å². The predicted octanol–water partition coefficient (Wildman–Crippen LogP) is 7.32. The summed E-state index contributed by atoms with van der Waals surface area (Å²) in [4.78, 5) is 4.46. The zero-order valence-electron chi connectivity index (χ0n) is 14.9. The van der Waals surface area contributed by atoms with E-state index in [1.807, 2.05) is 24.3 Å². The molecule has 132 valence electrons. The van der Waals surface area contributed by atoms with Gasteiger partial charge < -0.3 is 0 Å². The summed E-state index contributed by atoms with van der Waals surface area (Å²) in [7, 11) is 0. The van der Waals surface area contributed by atoms with Crippen molar-refractivity contribution in [2.75, 3.05) is 0 Å². The summed E-state index contributed by atoms with van der Waals surface area (Å²) in [5.74, 6) is 0.548. The van der Waals surface area contributed by atoms with E-state index in [1.54, 1.807) is 0 Å². The molecule has 0 spiro atoms. The van der Waals surface area contributed by atoms with Gasteiger partial charge in [0.1, 0.15) is 5.17 Å². The number of hydrogen-bond acceptors (Lipinski definition) is 1. The Balaban J connectivity index is 1.71. The molecular weight excluding hydrogens is 361 g/mol. The molecule has 1 nitrogen and oxygen atoms in total. The number of benzene rings is 3. The number of halogens is 2. The molecule has 3 aromatic rings. The summed E-state index contributed by atoms with van der Waals surface area (Å²) in [6.45, 7) is 4.94. The van der Waals surface area contributed by atoms with Crippen LogP contribution in [0.2, 0.25) is 5.02 Å². The Hall–Kier alpha value is -2.09. The Morgan fingerprint density at radius 3 is 2.00 bits per heavy atom. The highest BCUT2D eigenvalue weighted by Crippen LogP contribution is 2.23. The van der Waals surface area contributed by atoms with Gasteiger partial charge >= 0.3 is 0 Å². The maximum absolute atomic E-state index is 6.29. The van der Waals surface area contributed by atoms with E-state index in [1.165, 1.54) is 16.7 Å². The Labute approximate surface area is 165 Å². The van der Waals surface area contributed by atoms with Crippen LogP contribution in [-0.2, 0) is 6.54 Å². The molecule has 3 rings (SSSR count). The first-order valence-corrected chi connectivity index (χ1v) is 9.44. The van der Waals surface area contributed by atoms with Crippen molar-refractivity contribution in [3.05, 3.63) is 94.5 Å². The Bertz CT molecular complexity index is 894. The summed E-state index contributed by atoms with van der Waals surface area (Å²) in [5, 5.41) is 1.05. The molecule has 0 saturated carbocycles. The Kier molecular flexibility index (Phi) is 6.13. The van der Waals surface area contributed by atoms with Gasteiger partial charge in [0.2, 0.25) is 0 Å². The second-order valence-electron chi connectivity index (χ2n) is 6.56. The van der Waals surface area contributed by atoms with Gasteiger partial charge in [-0.3, -0.25) is 4.99 Å². The highest BCUT2D eigenvalue weighted by molar-refractivity contribution is 6.70. The van der Waals surface area contributed by atoms with Crippen molar-refractivity contribution in [1.29, 1.82) is 0 Å². The molecule has 0 aliphatic heterocycles. The zero-order valence-corrected chi connectivity index (χ0v) is 16.4. The van der Waals surface area contributed by atoms with E-state index in [2.05, 4.69) is 67.4 Å². The van der Waals surface area contributed by atoms with Gasteiger partial charge in [-0.1, -0.05) is 104 Å². The van der Waals surface area contributed by atoms with E-state index >= 15 is 0 Å². The number of aliphatic imine (C=N–C) groups is 1. The van der Waals surface area contributed by atoms with Crippen molar-refractivity contribution in [1.82, 2.24) is 0 Å². The maximum atomic E-state index is 6.29. The summed E-state index contributed by atoms with van der Waals surface area (Å²) in [6, 6.07) is 24.6. The molecule has 0 fully saturated rings. The largest absolute Gasteiger partial charge is 0.268 e. The van der Waals surface area contributed by atoms with E-state index in [4.69, 9.17) is 23.2 Å². The molecule has 0 bridgehead atoms. The molecule has 0 radical (unpaired) electrons. The molecular formula is C23H21Cl2N. The van der Waals surface area contributed by atoms with Gasteiger partial charge in [0.15, 0.2) is 0 Å². The molecule has 3 aromatic carbocycles. The number of rotatable bonds is 5. The smallest absolute Gasteiger partial charge is 0.132 e. The zero-order chi connectivity index (χ0) is 18.5. The Morgan fingerprint density at radius 2 is 1.42 bits per heavy atom. The van der Waals surface area contributed by atoms with E-state index in [0.717, 1.165) is 11.1 Å². The fraction of sp³-hybridized carbons (Fsp3) is 0.174. The van der Waals surface area contributed by atoms with Gasteiger partial charge in [-0.05, 0) is 34.2 Å². The van der Waals surface area contributed by atoms with Crippen LogP contribution >= 0.6 is 23.2 Å². The van der Waals surface area contributed by atoms with Crippen LogP contribution in [0.25, 0.3) is 11.1 Å². The third-order valence-corrected chi connectivity index (χ3v) is 5.01. The molecule has 0 amide bonds. The van der Waals surface area contributed by atoms with Crippen molar-refractivity contribution in [3.63, 3.8) is 0 Å². The lowest BCUT2D eigenvalue weighted by Gasteiger charge is -2.08. The van der Waals surface area contributed by atoms with Crippen molar-refractivity contribution in [2.24, 2.45) is 4.99 Å². The van der Waals surface area contributed by atoms with Gasteiger partial charge in [0.25, 0.3) is 0 Å². The van der Waals surface area contributed by atoms with Gasteiger partial charge in [-0.2, -0.15) is 0 Å². The first-order valence-electron chi connectivity index (χ1n) is 8.68. The SMILES string of the molecule is CC(C)c1ccc(-c2ccc(C/N=C(\Cl)c3ccccc3Cl)cc2)cc1. The average molecular weight is 382 g/mol. The average Bonchev–Trinajstić information content (AvgIpc) is 2.67. The fourth-order valence-corrected chi connectivity index (χ4v) is 3.24. The van der Waals surface area contributed by atoms with Crippen molar-refractivity contribution < 1.29 is 0 Å². The van der Waals surface area contributed by atoms with Crippen LogP contribution in [0.4, 0.5) is 0 Å². The molecule has 26 heavy (non-hydrogen) atoms. The summed E-state index contributed by atoms with van der Waals surface area (Å²) in [5.41, 5.74) is 5.65. The fourth-order valence-electron chi connectivity index (χ4n) is 2.74. The van der Waals surface area contributed by atoms with Crippen molar-refractivity contribution in [3.8, 4) is 11.1 Å². The maximum Gasteiger partial charge on any atom is 0.132 e. The lowest BCUT2D eigenvalue weighted by atomic mass is 9.98. The first-order chi connectivity index (χ1) is 12.5. The number of hydrogen-bond donors (Lipinski definition) is 0. The van der Waals surface area contributed by atoms with Crippen LogP contribution in [0.15, 0.2) is 77.8 Å². The third kappa shape index (κ3) is 4.55. The minimum Gasteiger partial charge on any atom is -0.268 e. The highest BCUT2D eigenvalue weighted by Gasteiger charge is 2.05. The lowest BCUT2D eigenvalue weighted by Crippen LogP contribution is -1.94. The molecule has 0 heterocycles. The minimum absolute atomic E-state index is 0.434. The van der Waals surface area contributed by atoms with E-state index in [9.17, 15) is 0 Å². The van der Waals surface area contributed by atoms with Crippen LogP contribution in [0, 0.1) is 0 Å². The standard InChI is InChI=1S/C23H21Cl2N/c1-16(2)18-11-13-20(14-12-18)19-9-7-17(8-10-19)15-26-23(25)21-5-3-4-6-22(21)24/h3-14,16H,15H2,1-2H3/b26-23-. The quantitative estimate of drug-likeness (QED) is 0.410. The van der Waals surface area contributed by atoms with Gasteiger partial charge in [0.05, 0.1) is 11.6 Å². The highest BCUT2D eigenvalue weighted by atomic mass is 35.5. The first kappa shape index (κ1) is 18.7. The predicted molar refractivity (Wildman–Crippen MR) is 114 cm³/mol. The second kappa shape index (κ2) is 8.53. The monoisotopic (exact) mass is 381 g/mol. The number of nitrogens with zero attached hydrogens (tertiary/aromatic N) is 1. The van der Waals surface area contributed by atoms with Crippen LogP contribution < -0.4 is 0 Å². The van der Waals surface area contributed by atoms with E-state index in [0.29, 0.717) is 22.7 Å². The lowest BCUT2D eigenvalue weighted by molar-refractivity contribution is 0.867. The molecule has 0 N–H and O–H groups in total. The van der Waals surface area contributed by atoms with Crippen LogP contribution in [0.3, 0.4) is 0 Å². The Morgan fingerprint density at radius 1 is 0.846 bits per heavy atom. The van der Waals surface area contributed by atoms with Crippen LogP contribution in [0.5, 0.6) is 0 Å². The minimum atomic E-state index is 0.434. The molecule has 3 heteroatoms. The summed E-state index contributed by atoms with van der Waals surface area (Å²) >= 11 is 12.4. The van der Waals surface area contributed by atoms with Crippen molar-refractivity contribution >= 4 is 28.4 Å². The summed E-state index contributed by atoms with van der Waals surface area (Å²) < 4.78 is 0. The van der Waals surface area contributed by atoms with Crippen molar-refractivity contribution in [2.45, 2.75) is 26.3 Å². The molecule has 0 atom stereocenters. The normalized spacial score (nSPS) is 11.8. The van der Waals surface area contributed by atoms with E-state index in [-0.39, 0.29) is 0 Å². The molecule has 0 unspecified atom stereocenters. The molecule has 0 aliphatic carbocycles. The molecule has 0 aliphatic rings. The van der Waals surface area contributed by atoms with Gasteiger partial charge in [-0.25, -0.2) is 0 Å². The summed E-state index contributed by atoms with van der Waals surface area (Å²) in [6.07, 6.45) is 0. The van der Waals surface area contributed by atoms with Gasteiger partial charge in [-0.15, -0.1) is 0 Å². The van der Waals surface area contributed by atoms with Crippen LogP contribution in [0.1, 0.15) is 36.5 Å². The topological polar surface area (TPSA) is 12.4 Å². The van der Waals surface area contributed by atoms with Crippen LogP contribution in [-0.4, -0.2) is 5.17 Å². The van der Waals surface area contributed by atoms with Gasteiger partial charge in [0, 0.05) is 5.56 Å².